The molecule has 0 saturated carbocycles. The van der Waals surface area contributed by atoms with E-state index in [2.05, 4.69) is 31.0 Å². The summed E-state index contributed by atoms with van der Waals surface area (Å²) in [7, 11) is 0. The van der Waals surface area contributed by atoms with E-state index in [1.54, 1.807) is 0 Å². The van der Waals surface area contributed by atoms with Crippen LogP contribution in [0.5, 0.6) is 0 Å². The zero-order chi connectivity index (χ0) is 15.4. The lowest BCUT2D eigenvalue weighted by Gasteiger charge is -2.40. The Kier molecular flexibility index (Phi) is 5.37. The van der Waals surface area contributed by atoms with Crippen molar-refractivity contribution in [1.82, 2.24) is 4.90 Å². The molecule has 1 heterocycles. The molecule has 21 heavy (non-hydrogen) atoms. The number of hydrogen-bond acceptors (Lipinski definition) is 3. The highest BCUT2D eigenvalue weighted by molar-refractivity contribution is 5.92. The number of carbonyl (C=O) groups is 1. The molecular formula is C17H27N3O. The van der Waals surface area contributed by atoms with Crippen LogP contribution in [-0.4, -0.2) is 29.9 Å². The maximum absolute atomic E-state index is 12.2. The number of nitrogens with zero attached hydrogens (tertiary/aromatic N) is 1. The van der Waals surface area contributed by atoms with E-state index in [9.17, 15) is 4.79 Å². The quantitative estimate of drug-likeness (QED) is 0.895. The molecule has 3 unspecified atom stereocenters. The minimum atomic E-state index is 0.0589. The second-order valence-electron chi connectivity index (χ2n) is 6.44. The van der Waals surface area contributed by atoms with Crippen LogP contribution in [0.4, 0.5) is 5.69 Å². The second-order valence-corrected chi connectivity index (χ2v) is 6.44. The number of carbonyl (C=O) groups excluding carboxylic acids is 1. The van der Waals surface area contributed by atoms with Gasteiger partial charge in [-0.25, -0.2) is 0 Å². The highest BCUT2D eigenvalue weighted by atomic mass is 16.2. The van der Waals surface area contributed by atoms with Crippen LogP contribution in [0, 0.1) is 11.8 Å². The van der Waals surface area contributed by atoms with Crippen LogP contribution in [0.2, 0.25) is 0 Å². The molecule has 0 aliphatic carbocycles. The molecule has 1 fully saturated rings. The number of amides is 1. The van der Waals surface area contributed by atoms with Gasteiger partial charge in [-0.15, -0.1) is 0 Å². The summed E-state index contributed by atoms with van der Waals surface area (Å²) in [6, 6.07) is 8.18. The molecule has 0 aromatic heterocycles. The Balaban J connectivity index is 1.91. The molecule has 4 nitrogen and oxygen atoms in total. The molecule has 116 valence electrons. The third kappa shape index (κ3) is 4.29. The summed E-state index contributed by atoms with van der Waals surface area (Å²) < 4.78 is 0. The number of piperidine rings is 1. The topological polar surface area (TPSA) is 58.4 Å². The standard InChI is InChI=1S/C17H27N3O/c1-12-8-13(2)14(3)20(10-12)11-17(21)19-16-6-4-15(9-18)5-7-16/h4-7,12-14H,8-11,18H2,1-3H3,(H,19,21). The van der Waals surface area contributed by atoms with E-state index < -0.39 is 0 Å². The van der Waals surface area contributed by atoms with Crippen LogP contribution in [-0.2, 0) is 11.3 Å². The Labute approximate surface area is 127 Å². The smallest absolute Gasteiger partial charge is 0.238 e. The monoisotopic (exact) mass is 289 g/mol. The fourth-order valence-corrected chi connectivity index (χ4v) is 3.15. The molecule has 1 amide bonds. The van der Waals surface area contributed by atoms with Crippen LogP contribution < -0.4 is 11.1 Å². The van der Waals surface area contributed by atoms with E-state index in [4.69, 9.17) is 5.73 Å². The molecule has 3 N–H and O–H groups in total. The SMILES string of the molecule is CC1CC(C)C(C)N(CC(=O)Nc2ccc(CN)cc2)C1. The number of rotatable bonds is 4. The Morgan fingerprint density at radius 3 is 2.57 bits per heavy atom. The van der Waals surface area contributed by atoms with Crippen LogP contribution in [0.25, 0.3) is 0 Å². The van der Waals surface area contributed by atoms with Gasteiger partial charge in [-0.3, -0.25) is 9.69 Å². The fraction of sp³-hybridized carbons (Fsp3) is 0.588. The number of hydrogen-bond donors (Lipinski definition) is 2. The van der Waals surface area contributed by atoms with Crippen LogP contribution in [0.15, 0.2) is 24.3 Å². The minimum absolute atomic E-state index is 0.0589. The maximum atomic E-state index is 12.2. The van der Waals surface area contributed by atoms with Gasteiger partial charge in [-0.2, -0.15) is 0 Å². The van der Waals surface area contributed by atoms with Gasteiger partial charge in [0.15, 0.2) is 0 Å². The minimum Gasteiger partial charge on any atom is -0.326 e. The van der Waals surface area contributed by atoms with Crippen molar-refractivity contribution >= 4 is 11.6 Å². The summed E-state index contributed by atoms with van der Waals surface area (Å²) in [5.74, 6) is 1.36. The number of nitrogens with two attached hydrogens (primary N) is 1. The summed E-state index contributed by atoms with van der Waals surface area (Å²) in [6.45, 7) is 8.75. The van der Waals surface area contributed by atoms with E-state index in [1.165, 1.54) is 6.42 Å². The summed E-state index contributed by atoms with van der Waals surface area (Å²) >= 11 is 0. The van der Waals surface area contributed by atoms with Crippen molar-refractivity contribution in [2.75, 3.05) is 18.4 Å². The molecule has 1 aromatic carbocycles. The van der Waals surface area contributed by atoms with Crippen molar-refractivity contribution < 1.29 is 4.79 Å². The highest BCUT2D eigenvalue weighted by Gasteiger charge is 2.29. The summed E-state index contributed by atoms with van der Waals surface area (Å²) in [5, 5.41) is 2.97. The first-order valence-electron chi connectivity index (χ1n) is 7.82. The number of nitrogens with one attached hydrogen (secondary N) is 1. The lowest BCUT2D eigenvalue weighted by Crippen LogP contribution is -2.48. The largest absolute Gasteiger partial charge is 0.326 e. The molecule has 3 atom stereocenters. The van der Waals surface area contributed by atoms with E-state index in [0.717, 1.165) is 17.8 Å². The third-order valence-corrected chi connectivity index (χ3v) is 4.54. The fourth-order valence-electron chi connectivity index (χ4n) is 3.15. The summed E-state index contributed by atoms with van der Waals surface area (Å²) in [5.41, 5.74) is 7.48. The zero-order valence-corrected chi connectivity index (χ0v) is 13.3. The van der Waals surface area contributed by atoms with E-state index in [0.29, 0.717) is 31.0 Å². The predicted octanol–water partition coefficient (Wildman–Crippen LogP) is 2.45. The molecule has 1 aliphatic rings. The molecule has 1 aliphatic heterocycles. The van der Waals surface area contributed by atoms with Gasteiger partial charge in [0.2, 0.25) is 5.91 Å². The van der Waals surface area contributed by atoms with Crippen LogP contribution >= 0.6 is 0 Å². The van der Waals surface area contributed by atoms with Gasteiger partial charge in [0.1, 0.15) is 0 Å². The molecule has 0 radical (unpaired) electrons. The predicted molar refractivity (Wildman–Crippen MR) is 86.9 cm³/mol. The molecule has 0 spiro atoms. The lowest BCUT2D eigenvalue weighted by atomic mass is 9.86. The Morgan fingerprint density at radius 2 is 1.95 bits per heavy atom. The van der Waals surface area contributed by atoms with Gasteiger partial charge in [0.25, 0.3) is 0 Å². The average molecular weight is 289 g/mol. The second kappa shape index (κ2) is 7.05. The number of likely N-dealkylation sites (tertiary alicyclic amines) is 1. The first-order chi connectivity index (χ1) is 9.99. The lowest BCUT2D eigenvalue weighted by molar-refractivity contribution is -0.118. The molecule has 0 bridgehead atoms. The summed E-state index contributed by atoms with van der Waals surface area (Å²) in [6.07, 6.45) is 1.25. The molecular weight excluding hydrogens is 262 g/mol. The Morgan fingerprint density at radius 1 is 1.29 bits per heavy atom. The van der Waals surface area contributed by atoms with Crippen molar-refractivity contribution in [2.45, 2.75) is 39.8 Å². The van der Waals surface area contributed by atoms with Gasteiger partial charge >= 0.3 is 0 Å². The molecule has 4 heteroatoms. The van der Waals surface area contributed by atoms with Crippen molar-refractivity contribution in [3.05, 3.63) is 29.8 Å². The normalized spacial score (nSPS) is 26.6. The van der Waals surface area contributed by atoms with Crippen molar-refractivity contribution in [2.24, 2.45) is 17.6 Å². The van der Waals surface area contributed by atoms with Crippen molar-refractivity contribution in [3.63, 3.8) is 0 Å². The first kappa shape index (κ1) is 16.0. The van der Waals surface area contributed by atoms with E-state index in [-0.39, 0.29) is 5.91 Å². The molecule has 1 aromatic rings. The van der Waals surface area contributed by atoms with Gasteiger partial charge < -0.3 is 11.1 Å². The van der Waals surface area contributed by atoms with Crippen LogP contribution in [0.3, 0.4) is 0 Å². The maximum Gasteiger partial charge on any atom is 0.238 e. The zero-order valence-electron chi connectivity index (χ0n) is 13.3. The van der Waals surface area contributed by atoms with Crippen molar-refractivity contribution in [3.8, 4) is 0 Å². The van der Waals surface area contributed by atoms with Crippen molar-refractivity contribution in [1.29, 1.82) is 0 Å². The van der Waals surface area contributed by atoms with Gasteiger partial charge in [-0.1, -0.05) is 26.0 Å². The number of anilines is 1. The molecule has 1 saturated heterocycles. The van der Waals surface area contributed by atoms with Gasteiger partial charge in [-0.05, 0) is 42.9 Å². The van der Waals surface area contributed by atoms with E-state index >= 15 is 0 Å². The van der Waals surface area contributed by atoms with Gasteiger partial charge in [0.05, 0.1) is 6.54 Å². The van der Waals surface area contributed by atoms with Crippen LogP contribution in [0.1, 0.15) is 32.8 Å². The van der Waals surface area contributed by atoms with Gasteiger partial charge in [0, 0.05) is 24.8 Å². The summed E-state index contributed by atoms with van der Waals surface area (Å²) in [4.78, 5) is 14.5. The van der Waals surface area contributed by atoms with E-state index in [1.807, 2.05) is 24.3 Å². The Hall–Kier alpha value is -1.39. The third-order valence-electron chi connectivity index (χ3n) is 4.54. The molecule has 2 rings (SSSR count). The Bertz CT molecular complexity index is 471. The average Bonchev–Trinajstić information content (AvgIpc) is 2.45. The first-order valence-corrected chi connectivity index (χ1v) is 7.82. The highest BCUT2D eigenvalue weighted by Crippen LogP contribution is 2.26. The number of benzene rings is 1.